The highest BCUT2D eigenvalue weighted by Gasteiger charge is 2.33. The van der Waals surface area contributed by atoms with Gasteiger partial charge in [0.15, 0.2) is 6.19 Å². The molecule has 0 N–H and O–H groups in total. The zero-order valence-electron chi connectivity index (χ0n) is 8.62. The molecule has 0 bridgehead atoms. The van der Waals surface area contributed by atoms with Crippen molar-refractivity contribution in [2.75, 3.05) is 6.54 Å². The summed E-state index contributed by atoms with van der Waals surface area (Å²) in [7, 11) is 0. The van der Waals surface area contributed by atoms with Crippen LogP contribution >= 0.6 is 0 Å². The minimum absolute atomic E-state index is 0.149. The van der Waals surface area contributed by atoms with E-state index in [-0.39, 0.29) is 5.54 Å². The first-order valence-electron chi connectivity index (χ1n) is 4.92. The monoisotopic (exact) mass is 186 g/mol. The number of nitriles is 1. The minimum Gasteiger partial charge on any atom is -0.300 e. The van der Waals surface area contributed by atoms with E-state index in [4.69, 9.17) is 5.26 Å². The van der Waals surface area contributed by atoms with Crippen LogP contribution < -0.4 is 0 Å². The molecule has 0 amide bonds. The Morgan fingerprint density at radius 2 is 2.07 bits per heavy atom. The molecule has 0 fully saturated rings. The van der Waals surface area contributed by atoms with Crippen LogP contribution in [0.25, 0.3) is 0 Å². The summed E-state index contributed by atoms with van der Waals surface area (Å²) in [5.41, 5.74) is 2.51. The third-order valence-corrected chi connectivity index (χ3v) is 3.08. The summed E-state index contributed by atoms with van der Waals surface area (Å²) in [5, 5.41) is 9.03. The average Bonchev–Trinajstić information content (AvgIpc) is 2.18. The zero-order chi connectivity index (χ0) is 10.2. The Bertz CT molecular complexity index is 388. The molecule has 72 valence electrons. The number of hydrogen-bond acceptors (Lipinski definition) is 2. The fourth-order valence-corrected chi connectivity index (χ4v) is 2.17. The number of hydrogen-bond donors (Lipinski definition) is 0. The normalized spacial score (nSPS) is 18.5. The van der Waals surface area contributed by atoms with Crippen LogP contribution in [0.15, 0.2) is 24.3 Å². The number of nitrogens with zero attached hydrogens (tertiary/aromatic N) is 2. The van der Waals surface area contributed by atoms with E-state index < -0.39 is 0 Å². The second-order valence-corrected chi connectivity index (χ2v) is 4.22. The third kappa shape index (κ3) is 1.17. The minimum atomic E-state index is -0.149. The van der Waals surface area contributed by atoms with Gasteiger partial charge in [-0.15, -0.1) is 0 Å². The van der Waals surface area contributed by atoms with Gasteiger partial charge in [0.25, 0.3) is 0 Å². The topological polar surface area (TPSA) is 27.0 Å². The van der Waals surface area contributed by atoms with Crippen molar-refractivity contribution in [3.63, 3.8) is 0 Å². The number of benzene rings is 1. The first kappa shape index (κ1) is 9.08. The van der Waals surface area contributed by atoms with Crippen molar-refractivity contribution in [2.24, 2.45) is 0 Å². The van der Waals surface area contributed by atoms with Gasteiger partial charge in [-0.1, -0.05) is 24.3 Å². The van der Waals surface area contributed by atoms with Gasteiger partial charge in [-0.3, -0.25) is 0 Å². The molecule has 0 atom stereocenters. The lowest BCUT2D eigenvalue weighted by molar-refractivity contribution is 0.183. The van der Waals surface area contributed by atoms with Gasteiger partial charge in [0.05, 0.1) is 5.54 Å². The van der Waals surface area contributed by atoms with Crippen LogP contribution in [0.5, 0.6) is 0 Å². The molecule has 0 saturated heterocycles. The third-order valence-electron chi connectivity index (χ3n) is 3.08. The number of fused-ring (bicyclic) bond motifs is 1. The molecule has 14 heavy (non-hydrogen) atoms. The SMILES string of the molecule is CC1(C)c2ccccc2CCN1C#N. The largest absolute Gasteiger partial charge is 0.300 e. The van der Waals surface area contributed by atoms with Crippen molar-refractivity contribution < 1.29 is 0 Å². The standard InChI is InChI=1S/C12H14N2/c1-12(2)11-6-4-3-5-10(11)7-8-14(12)9-13/h3-6H,7-8H2,1-2H3. The molecule has 1 aromatic carbocycles. The second kappa shape index (κ2) is 3.02. The predicted octanol–water partition coefficient (Wildman–Crippen LogP) is 2.26. The van der Waals surface area contributed by atoms with Crippen LogP contribution in [0.3, 0.4) is 0 Å². The lowest BCUT2D eigenvalue weighted by Gasteiger charge is -2.40. The maximum Gasteiger partial charge on any atom is 0.180 e. The van der Waals surface area contributed by atoms with Gasteiger partial charge in [-0.25, -0.2) is 0 Å². The summed E-state index contributed by atoms with van der Waals surface area (Å²) >= 11 is 0. The molecular formula is C12H14N2. The Morgan fingerprint density at radius 1 is 1.36 bits per heavy atom. The van der Waals surface area contributed by atoms with E-state index in [2.05, 4.69) is 38.2 Å². The van der Waals surface area contributed by atoms with Crippen molar-refractivity contribution in [2.45, 2.75) is 25.8 Å². The molecule has 1 heterocycles. The van der Waals surface area contributed by atoms with E-state index in [0.29, 0.717) is 0 Å². The van der Waals surface area contributed by atoms with E-state index in [1.54, 1.807) is 0 Å². The molecular weight excluding hydrogens is 172 g/mol. The fraction of sp³-hybridized carbons (Fsp3) is 0.417. The molecule has 1 aliphatic rings. The smallest absolute Gasteiger partial charge is 0.180 e. The van der Waals surface area contributed by atoms with Crippen LogP contribution in [0.1, 0.15) is 25.0 Å². The molecule has 0 unspecified atom stereocenters. The highest BCUT2D eigenvalue weighted by atomic mass is 15.2. The molecule has 0 saturated carbocycles. The molecule has 1 aliphatic heterocycles. The van der Waals surface area contributed by atoms with Crippen LogP contribution in [0.4, 0.5) is 0 Å². The molecule has 0 aliphatic carbocycles. The van der Waals surface area contributed by atoms with Gasteiger partial charge in [-0.2, -0.15) is 5.26 Å². The maximum atomic E-state index is 9.03. The Labute approximate surface area is 84.8 Å². The summed E-state index contributed by atoms with van der Waals surface area (Å²) in [5.74, 6) is 0. The summed E-state index contributed by atoms with van der Waals surface area (Å²) in [6, 6.07) is 8.39. The van der Waals surface area contributed by atoms with Crippen molar-refractivity contribution in [1.82, 2.24) is 4.90 Å². The van der Waals surface area contributed by atoms with Gasteiger partial charge in [0, 0.05) is 6.54 Å². The van der Waals surface area contributed by atoms with Crippen molar-refractivity contribution >= 4 is 0 Å². The first-order chi connectivity index (χ1) is 6.66. The van der Waals surface area contributed by atoms with E-state index in [1.165, 1.54) is 11.1 Å². The molecule has 2 heteroatoms. The quantitative estimate of drug-likeness (QED) is 0.581. The van der Waals surface area contributed by atoms with Gasteiger partial charge < -0.3 is 4.90 Å². The van der Waals surface area contributed by atoms with Gasteiger partial charge in [0.1, 0.15) is 0 Å². The molecule has 0 aromatic heterocycles. The summed E-state index contributed by atoms with van der Waals surface area (Å²) < 4.78 is 0. The summed E-state index contributed by atoms with van der Waals surface area (Å²) in [6.07, 6.45) is 3.25. The lowest BCUT2D eigenvalue weighted by Crippen LogP contribution is -2.43. The maximum absolute atomic E-state index is 9.03. The average molecular weight is 186 g/mol. The lowest BCUT2D eigenvalue weighted by atomic mass is 9.84. The van der Waals surface area contributed by atoms with Gasteiger partial charge >= 0.3 is 0 Å². The van der Waals surface area contributed by atoms with Crippen LogP contribution in [0, 0.1) is 11.5 Å². The van der Waals surface area contributed by atoms with Crippen LogP contribution in [-0.2, 0) is 12.0 Å². The zero-order valence-corrected chi connectivity index (χ0v) is 8.62. The Kier molecular flexibility index (Phi) is 1.96. The Hall–Kier alpha value is -1.49. The number of rotatable bonds is 0. The van der Waals surface area contributed by atoms with Gasteiger partial charge in [0.2, 0.25) is 0 Å². The van der Waals surface area contributed by atoms with E-state index in [9.17, 15) is 0 Å². The molecule has 2 rings (SSSR count). The van der Waals surface area contributed by atoms with Crippen LogP contribution in [0.2, 0.25) is 0 Å². The van der Waals surface area contributed by atoms with Crippen molar-refractivity contribution in [1.29, 1.82) is 5.26 Å². The predicted molar refractivity (Wildman–Crippen MR) is 55.5 cm³/mol. The van der Waals surface area contributed by atoms with Crippen molar-refractivity contribution in [3.8, 4) is 6.19 Å². The van der Waals surface area contributed by atoms with E-state index >= 15 is 0 Å². The highest BCUT2D eigenvalue weighted by Crippen LogP contribution is 2.33. The fourth-order valence-electron chi connectivity index (χ4n) is 2.17. The summed E-state index contributed by atoms with van der Waals surface area (Å²) in [6.45, 7) is 5.04. The highest BCUT2D eigenvalue weighted by molar-refractivity contribution is 5.36. The summed E-state index contributed by atoms with van der Waals surface area (Å²) in [4.78, 5) is 1.86. The molecule has 0 spiro atoms. The van der Waals surface area contributed by atoms with Gasteiger partial charge in [-0.05, 0) is 31.4 Å². The van der Waals surface area contributed by atoms with Crippen molar-refractivity contribution in [3.05, 3.63) is 35.4 Å². The van der Waals surface area contributed by atoms with E-state index in [0.717, 1.165) is 13.0 Å². The van der Waals surface area contributed by atoms with Crippen LogP contribution in [-0.4, -0.2) is 11.4 Å². The molecule has 0 radical (unpaired) electrons. The molecule has 1 aromatic rings. The Morgan fingerprint density at radius 3 is 2.79 bits per heavy atom. The Balaban J connectivity index is 2.52. The molecule has 2 nitrogen and oxygen atoms in total. The van der Waals surface area contributed by atoms with E-state index in [1.807, 2.05) is 11.0 Å². The first-order valence-corrected chi connectivity index (χ1v) is 4.92. The second-order valence-electron chi connectivity index (χ2n) is 4.22.